The Morgan fingerprint density at radius 1 is 1.33 bits per heavy atom. The molecule has 0 N–H and O–H groups in total. The van der Waals surface area contributed by atoms with Gasteiger partial charge >= 0.3 is 0 Å². The second-order valence-corrected chi connectivity index (χ2v) is 3.62. The summed E-state index contributed by atoms with van der Waals surface area (Å²) in [4.78, 5) is 0. The van der Waals surface area contributed by atoms with Gasteiger partial charge in [-0.3, -0.25) is 0 Å². The maximum absolute atomic E-state index is 2.28. The van der Waals surface area contributed by atoms with Crippen LogP contribution in [0.4, 0.5) is 0 Å². The van der Waals surface area contributed by atoms with Crippen molar-refractivity contribution in [2.45, 2.75) is 26.1 Å². The molecule has 0 unspecified atom stereocenters. The van der Waals surface area contributed by atoms with E-state index in [1.165, 1.54) is 21.6 Å². The van der Waals surface area contributed by atoms with Crippen LogP contribution in [0.5, 0.6) is 0 Å². The lowest BCUT2D eigenvalue weighted by Crippen LogP contribution is -2.01. The van der Waals surface area contributed by atoms with Crippen molar-refractivity contribution in [2.24, 2.45) is 5.41 Å². The van der Waals surface area contributed by atoms with E-state index in [1.807, 2.05) is 0 Å². The first kappa shape index (κ1) is 6.53. The summed E-state index contributed by atoms with van der Waals surface area (Å²) in [7, 11) is 0. The molecule has 0 saturated heterocycles. The highest BCUT2D eigenvalue weighted by Crippen LogP contribution is 2.15. The summed E-state index contributed by atoms with van der Waals surface area (Å²) in [6.45, 7) is 6.83. The first-order valence-electron chi connectivity index (χ1n) is 2.56. The molecule has 0 radical (unpaired) electrons. The minimum atomic E-state index is 0.603. The standard InChI is InChI=1S/C5H11.Al.2H/c1-5(2,3)4;;;/h1H2,2-4H3;;;. The molecule has 1 heteroatoms. The third kappa shape index (κ3) is 4.53. The zero-order valence-electron chi connectivity index (χ0n) is 5.21. The van der Waals surface area contributed by atoms with Gasteiger partial charge in [-0.1, -0.05) is 31.5 Å². The fourth-order valence-corrected chi connectivity index (χ4v) is 0. The third-order valence-corrected chi connectivity index (χ3v) is 3.18. The smallest absolute Gasteiger partial charge is 0.0966 e. The largest absolute Gasteiger partial charge is 0.212 e. The Labute approximate surface area is 48.4 Å². The molecule has 0 aromatic heterocycles. The Bertz CT molecular complexity index is 33.7. The minimum absolute atomic E-state index is 0.603. The van der Waals surface area contributed by atoms with E-state index in [1.54, 1.807) is 0 Å². The van der Waals surface area contributed by atoms with Crippen molar-refractivity contribution < 1.29 is 0 Å². The zero-order chi connectivity index (χ0) is 5.21. The van der Waals surface area contributed by atoms with Crippen molar-refractivity contribution in [1.82, 2.24) is 0 Å². The topological polar surface area (TPSA) is 0 Å². The molecule has 0 amide bonds. The van der Waals surface area contributed by atoms with E-state index in [4.69, 9.17) is 0 Å². The van der Waals surface area contributed by atoms with Gasteiger partial charge in [0.25, 0.3) is 0 Å². The van der Waals surface area contributed by atoms with E-state index in [-0.39, 0.29) is 0 Å². The van der Waals surface area contributed by atoms with Gasteiger partial charge in [-0.25, -0.2) is 0 Å². The van der Waals surface area contributed by atoms with Crippen molar-refractivity contribution in [1.29, 1.82) is 0 Å². The molecule has 0 bridgehead atoms. The van der Waals surface area contributed by atoms with Gasteiger partial charge in [0.1, 0.15) is 0 Å². The van der Waals surface area contributed by atoms with Gasteiger partial charge in [-0.05, 0) is 0 Å². The molecule has 0 aromatic carbocycles. The summed E-state index contributed by atoms with van der Waals surface area (Å²) in [5.74, 6) is 0. The Kier molecular flexibility index (Phi) is 2.18. The number of hydrogen-bond acceptors (Lipinski definition) is 0. The molecule has 6 heavy (non-hydrogen) atoms. The minimum Gasteiger partial charge on any atom is -0.0966 e. The van der Waals surface area contributed by atoms with Gasteiger partial charge in [-0.2, -0.15) is 0 Å². The van der Waals surface area contributed by atoms with Crippen molar-refractivity contribution in [3.8, 4) is 0 Å². The molecule has 0 aromatic rings. The van der Waals surface area contributed by atoms with E-state index in [9.17, 15) is 0 Å². The summed E-state index contributed by atoms with van der Waals surface area (Å²) in [5, 5.41) is 1.41. The van der Waals surface area contributed by atoms with Crippen molar-refractivity contribution in [2.75, 3.05) is 0 Å². The molecule has 0 heterocycles. The molecule has 0 atom stereocenters. The molecule has 0 aliphatic heterocycles. The predicted octanol–water partition coefficient (Wildman–Crippen LogP) is 1.08. The lowest BCUT2D eigenvalue weighted by Gasteiger charge is -2.13. The molecule has 0 saturated carbocycles. The van der Waals surface area contributed by atoms with Crippen LogP contribution >= 0.6 is 0 Å². The lowest BCUT2D eigenvalue weighted by atomic mass is 10.0. The van der Waals surface area contributed by atoms with E-state index in [0.717, 1.165) is 0 Å². The van der Waals surface area contributed by atoms with Crippen molar-refractivity contribution in [3.05, 3.63) is 0 Å². The van der Waals surface area contributed by atoms with Gasteiger partial charge in [0.2, 0.25) is 16.3 Å². The van der Waals surface area contributed by atoms with Crippen LogP contribution in [0.3, 0.4) is 0 Å². The second-order valence-electron chi connectivity index (χ2n) is 2.91. The van der Waals surface area contributed by atoms with Crippen LogP contribution in [-0.2, 0) is 0 Å². The average Bonchev–Trinajstić information content (AvgIpc) is 1.35. The van der Waals surface area contributed by atoms with Gasteiger partial charge in [0.05, 0.1) is 0 Å². The summed E-state index contributed by atoms with van der Waals surface area (Å²) in [6, 6.07) is 0. The average molecular weight is 100 g/mol. The first-order chi connectivity index (χ1) is 2.56. The van der Waals surface area contributed by atoms with Gasteiger partial charge in [-0.15, -0.1) is 0 Å². The molecule has 0 aliphatic carbocycles. The molecule has 0 nitrogen and oxygen atoms in total. The van der Waals surface area contributed by atoms with Gasteiger partial charge < -0.3 is 0 Å². The summed E-state index contributed by atoms with van der Waals surface area (Å²) in [5.41, 5.74) is 0.603. The molecule has 0 aliphatic rings. The van der Waals surface area contributed by atoms with Gasteiger partial charge in [0, 0.05) is 0 Å². The summed E-state index contributed by atoms with van der Waals surface area (Å²) in [6.07, 6.45) is 0. The number of hydrogen-bond donors (Lipinski definition) is 0. The van der Waals surface area contributed by atoms with E-state index in [0.29, 0.717) is 5.41 Å². The maximum atomic E-state index is 2.28. The second kappa shape index (κ2) is 2.00. The zero-order valence-corrected chi connectivity index (χ0v) is 7.21. The highest BCUT2D eigenvalue weighted by atomic mass is 27.0. The van der Waals surface area contributed by atoms with Crippen LogP contribution in [-0.4, -0.2) is 16.3 Å². The molecule has 0 rings (SSSR count). The molecule has 36 valence electrons. The Morgan fingerprint density at radius 3 is 1.50 bits per heavy atom. The highest BCUT2D eigenvalue weighted by Gasteiger charge is 2.03. The molecule has 0 spiro atoms. The van der Waals surface area contributed by atoms with Crippen LogP contribution in [0, 0.1) is 5.41 Å². The van der Waals surface area contributed by atoms with Crippen LogP contribution in [0.1, 0.15) is 20.8 Å². The molecular weight excluding hydrogens is 87.0 g/mol. The quantitative estimate of drug-likeness (QED) is 0.400. The maximum Gasteiger partial charge on any atom is 0.212 e. The molecule has 0 fully saturated rings. The Morgan fingerprint density at radius 2 is 1.50 bits per heavy atom. The van der Waals surface area contributed by atoms with Gasteiger partial charge in [0.15, 0.2) is 0 Å². The van der Waals surface area contributed by atoms with Crippen LogP contribution in [0.15, 0.2) is 0 Å². The fraction of sp³-hybridized carbons (Fsp3) is 1.00. The van der Waals surface area contributed by atoms with Crippen LogP contribution in [0.25, 0.3) is 0 Å². The SMILES string of the molecule is CC(C)(C)[CH2][AlH2]. The van der Waals surface area contributed by atoms with Crippen LogP contribution < -0.4 is 0 Å². The first-order valence-corrected chi connectivity index (χ1v) is 3.97. The van der Waals surface area contributed by atoms with Crippen molar-refractivity contribution in [3.63, 3.8) is 0 Å². The third-order valence-electron chi connectivity index (χ3n) is 1.06. The highest BCUT2D eigenvalue weighted by molar-refractivity contribution is 6.08. The summed E-state index contributed by atoms with van der Waals surface area (Å²) < 4.78 is 0. The lowest BCUT2D eigenvalue weighted by molar-refractivity contribution is 0.469. The Balaban J connectivity index is 3.17. The normalized spacial score (nSPS) is 11.8. The predicted molar refractivity (Wildman–Crippen MR) is 32.8 cm³/mol. The van der Waals surface area contributed by atoms with E-state index < -0.39 is 0 Å². The monoisotopic (exact) mass is 100 g/mol. The van der Waals surface area contributed by atoms with E-state index in [2.05, 4.69) is 20.8 Å². The fourth-order valence-electron chi connectivity index (χ4n) is 0. The van der Waals surface area contributed by atoms with Crippen LogP contribution in [0.2, 0.25) is 5.28 Å². The Hall–Kier alpha value is 0.532. The van der Waals surface area contributed by atoms with Crippen molar-refractivity contribution >= 4 is 16.3 Å². The van der Waals surface area contributed by atoms with E-state index >= 15 is 0 Å². The summed E-state index contributed by atoms with van der Waals surface area (Å²) >= 11 is 1.35. The number of rotatable bonds is 0. The molecular formula is C5H13Al.